The highest BCUT2D eigenvalue weighted by atomic mass is 32.2. The van der Waals surface area contributed by atoms with Gasteiger partial charge in [0.05, 0.1) is 21.5 Å². The number of anilines is 1. The summed E-state index contributed by atoms with van der Waals surface area (Å²) in [4.78, 5) is 32.6. The quantitative estimate of drug-likeness (QED) is 0.398. The second kappa shape index (κ2) is 7.66. The number of rotatable bonds is 4. The van der Waals surface area contributed by atoms with E-state index in [1.165, 1.54) is 48.9 Å². The highest BCUT2D eigenvalue weighted by molar-refractivity contribution is 7.93. The second-order valence-electron chi connectivity index (χ2n) is 6.73. The minimum Gasteiger partial charge on any atom is -0.414 e. The normalized spacial score (nSPS) is 11.6. The molecule has 0 aliphatic carbocycles. The van der Waals surface area contributed by atoms with E-state index in [0.717, 1.165) is 11.3 Å². The average Bonchev–Trinajstić information content (AvgIpc) is 3.18. The summed E-state index contributed by atoms with van der Waals surface area (Å²) in [6.45, 7) is 0. The van der Waals surface area contributed by atoms with Crippen molar-refractivity contribution in [2.24, 2.45) is 0 Å². The standard InChI is InChI=1S/C22H13N3O5S2/c26-21(15-6-2-10-23-13-15)25(16-8-9-17-18(12-16)31-22(27)30-17)32(28,29)19-7-1-4-14-5-3-11-24-20(14)19/h1-13H. The van der Waals surface area contributed by atoms with Crippen LogP contribution in [0.5, 0.6) is 0 Å². The van der Waals surface area contributed by atoms with E-state index in [2.05, 4.69) is 9.97 Å². The van der Waals surface area contributed by atoms with Crippen LogP contribution in [0.4, 0.5) is 5.69 Å². The lowest BCUT2D eigenvalue weighted by Crippen LogP contribution is -2.37. The molecular formula is C22H13N3O5S2. The van der Waals surface area contributed by atoms with Gasteiger partial charge in [0.1, 0.15) is 10.5 Å². The topological polar surface area (TPSA) is 110 Å². The van der Waals surface area contributed by atoms with Gasteiger partial charge < -0.3 is 4.42 Å². The zero-order valence-electron chi connectivity index (χ0n) is 16.2. The lowest BCUT2D eigenvalue weighted by Gasteiger charge is -2.23. The zero-order chi connectivity index (χ0) is 22.3. The molecule has 3 aromatic heterocycles. The maximum Gasteiger partial charge on any atom is 0.396 e. The van der Waals surface area contributed by atoms with Crippen molar-refractivity contribution in [1.29, 1.82) is 0 Å². The molecule has 0 N–H and O–H groups in total. The highest BCUT2D eigenvalue weighted by Gasteiger charge is 2.34. The number of hydrogen-bond acceptors (Lipinski definition) is 8. The summed E-state index contributed by atoms with van der Waals surface area (Å²) in [6.07, 6.45) is 4.27. The smallest absolute Gasteiger partial charge is 0.396 e. The van der Waals surface area contributed by atoms with Crippen molar-refractivity contribution in [3.8, 4) is 0 Å². The number of fused-ring (bicyclic) bond motifs is 2. The fraction of sp³-hybridized carbons (Fsp3) is 0. The molecule has 0 aliphatic heterocycles. The molecule has 10 heteroatoms. The Morgan fingerprint density at radius 1 is 1.00 bits per heavy atom. The van der Waals surface area contributed by atoms with Gasteiger partial charge in [-0.15, -0.1) is 0 Å². The summed E-state index contributed by atoms with van der Waals surface area (Å²) in [5, 5.41) is 0.617. The van der Waals surface area contributed by atoms with Crippen LogP contribution in [0.1, 0.15) is 10.4 Å². The monoisotopic (exact) mass is 463 g/mol. The van der Waals surface area contributed by atoms with Crippen molar-refractivity contribution in [1.82, 2.24) is 9.97 Å². The summed E-state index contributed by atoms with van der Waals surface area (Å²) < 4.78 is 33.9. The Morgan fingerprint density at radius 3 is 2.62 bits per heavy atom. The first kappa shape index (κ1) is 20.0. The molecule has 0 saturated heterocycles. The SMILES string of the molecule is O=C(c1cccnc1)N(c1ccc2oc(=O)sc2c1)S(=O)(=O)c1cccc2cccnc12. The summed E-state index contributed by atoms with van der Waals surface area (Å²) in [7, 11) is -4.40. The summed E-state index contributed by atoms with van der Waals surface area (Å²) in [6, 6.07) is 15.5. The number of benzene rings is 2. The Hall–Kier alpha value is -3.89. The molecule has 1 amide bonds. The second-order valence-corrected chi connectivity index (χ2v) is 9.47. The van der Waals surface area contributed by atoms with Crippen molar-refractivity contribution < 1.29 is 17.6 Å². The van der Waals surface area contributed by atoms with Crippen LogP contribution in [0.15, 0.2) is 93.4 Å². The van der Waals surface area contributed by atoms with E-state index in [0.29, 0.717) is 20.0 Å². The molecular weight excluding hydrogens is 450 g/mol. The first-order chi connectivity index (χ1) is 15.4. The van der Waals surface area contributed by atoms with Gasteiger partial charge in [-0.25, -0.2) is 13.2 Å². The molecule has 0 radical (unpaired) electrons. The van der Waals surface area contributed by atoms with E-state index >= 15 is 0 Å². The molecule has 5 rings (SSSR count). The molecule has 32 heavy (non-hydrogen) atoms. The molecule has 0 spiro atoms. The maximum atomic E-state index is 13.9. The van der Waals surface area contributed by atoms with Crippen LogP contribution >= 0.6 is 11.3 Å². The lowest BCUT2D eigenvalue weighted by molar-refractivity contribution is 0.100. The highest BCUT2D eigenvalue weighted by Crippen LogP contribution is 2.32. The average molecular weight is 463 g/mol. The van der Waals surface area contributed by atoms with Crippen molar-refractivity contribution in [3.05, 3.63) is 94.6 Å². The third-order valence-corrected chi connectivity index (χ3v) is 7.29. The van der Waals surface area contributed by atoms with Gasteiger partial charge in [0.25, 0.3) is 15.9 Å². The molecule has 0 unspecified atom stereocenters. The van der Waals surface area contributed by atoms with Crippen LogP contribution in [-0.4, -0.2) is 24.3 Å². The molecule has 3 heterocycles. The largest absolute Gasteiger partial charge is 0.414 e. The first-order valence-corrected chi connectivity index (χ1v) is 11.6. The van der Waals surface area contributed by atoms with Gasteiger partial charge in [0.2, 0.25) is 0 Å². The fourth-order valence-electron chi connectivity index (χ4n) is 3.34. The molecule has 0 fully saturated rings. The number of nitrogens with zero attached hydrogens (tertiary/aromatic N) is 3. The Kier molecular flexibility index (Phi) is 4.80. The zero-order valence-corrected chi connectivity index (χ0v) is 17.8. The molecule has 0 bridgehead atoms. The molecule has 0 saturated carbocycles. The van der Waals surface area contributed by atoms with Crippen LogP contribution < -0.4 is 9.24 Å². The Labute approximate surface area is 185 Å². The number of hydrogen-bond donors (Lipinski definition) is 0. The number of aromatic nitrogens is 2. The fourth-order valence-corrected chi connectivity index (χ4v) is 5.62. The van der Waals surface area contributed by atoms with Gasteiger partial charge in [-0.3, -0.25) is 14.8 Å². The van der Waals surface area contributed by atoms with Crippen molar-refractivity contribution in [3.63, 3.8) is 0 Å². The van der Waals surface area contributed by atoms with Crippen LogP contribution in [0.25, 0.3) is 21.2 Å². The summed E-state index contributed by atoms with van der Waals surface area (Å²) in [5.74, 6) is -0.791. The van der Waals surface area contributed by atoms with Gasteiger partial charge in [-0.2, -0.15) is 4.31 Å². The van der Waals surface area contributed by atoms with E-state index in [4.69, 9.17) is 4.42 Å². The number of sulfonamides is 1. The van der Waals surface area contributed by atoms with Crippen LogP contribution in [0.2, 0.25) is 0 Å². The van der Waals surface area contributed by atoms with Gasteiger partial charge in [0.15, 0.2) is 0 Å². The van der Waals surface area contributed by atoms with Crippen LogP contribution in [0.3, 0.4) is 0 Å². The van der Waals surface area contributed by atoms with Crippen molar-refractivity contribution in [2.75, 3.05) is 4.31 Å². The predicted octanol–water partition coefficient (Wildman–Crippen LogP) is 3.83. The van der Waals surface area contributed by atoms with Crippen LogP contribution in [0, 0.1) is 0 Å². The lowest BCUT2D eigenvalue weighted by atomic mass is 10.2. The molecule has 8 nitrogen and oxygen atoms in total. The molecule has 0 atom stereocenters. The van der Waals surface area contributed by atoms with E-state index < -0.39 is 20.9 Å². The molecule has 0 aliphatic rings. The van der Waals surface area contributed by atoms with Gasteiger partial charge in [-0.05, 0) is 42.5 Å². The number of para-hydroxylation sites is 1. The van der Waals surface area contributed by atoms with Crippen LogP contribution in [-0.2, 0) is 10.0 Å². The van der Waals surface area contributed by atoms with E-state index in [-0.39, 0.29) is 21.7 Å². The number of pyridine rings is 2. The van der Waals surface area contributed by atoms with Crippen molar-refractivity contribution >= 4 is 54.1 Å². The summed E-state index contributed by atoms with van der Waals surface area (Å²) >= 11 is 0.821. The van der Waals surface area contributed by atoms with Gasteiger partial charge in [0, 0.05) is 24.0 Å². The number of amides is 1. The minimum absolute atomic E-state index is 0.0661. The summed E-state index contributed by atoms with van der Waals surface area (Å²) in [5.41, 5.74) is 0.705. The maximum absolute atomic E-state index is 13.9. The Balaban J connectivity index is 1.76. The van der Waals surface area contributed by atoms with Gasteiger partial charge >= 0.3 is 4.94 Å². The van der Waals surface area contributed by atoms with E-state index in [1.807, 2.05) is 0 Å². The molecule has 5 aromatic rings. The Morgan fingerprint density at radius 2 is 1.81 bits per heavy atom. The molecule has 158 valence electrons. The van der Waals surface area contributed by atoms with E-state index in [9.17, 15) is 18.0 Å². The number of carbonyl (C=O) groups excluding carboxylic acids is 1. The predicted molar refractivity (Wildman–Crippen MR) is 120 cm³/mol. The third-order valence-electron chi connectivity index (χ3n) is 4.76. The van der Waals surface area contributed by atoms with E-state index in [1.54, 1.807) is 30.3 Å². The third kappa shape index (κ3) is 3.35. The first-order valence-electron chi connectivity index (χ1n) is 9.32. The Bertz CT molecular complexity index is 1640. The molecule has 2 aromatic carbocycles. The van der Waals surface area contributed by atoms with Gasteiger partial charge in [-0.1, -0.05) is 29.5 Å². The minimum atomic E-state index is -4.40. The van der Waals surface area contributed by atoms with Crippen molar-refractivity contribution in [2.45, 2.75) is 4.90 Å². The number of carbonyl (C=O) groups is 1.